The van der Waals surface area contributed by atoms with E-state index >= 15 is 0 Å². The summed E-state index contributed by atoms with van der Waals surface area (Å²) in [5.74, 6) is 1.90. The van der Waals surface area contributed by atoms with Crippen molar-refractivity contribution in [3.8, 4) is 0 Å². The highest BCUT2D eigenvalue weighted by molar-refractivity contribution is 5.91. The number of carbonyl (C=O) groups excluding carboxylic acids is 2. The molecule has 0 spiro atoms. The van der Waals surface area contributed by atoms with Crippen LogP contribution in [0.1, 0.15) is 46.0 Å². The summed E-state index contributed by atoms with van der Waals surface area (Å²) in [5.41, 5.74) is 0. The van der Waals surface area contributed by atoms with Crippen LogP contribution in [0, 0.1) is 23.7 Å². The maximum Gasteiger partial charge on any atom is 0.331 e. The number of carbonyl (C=O) groups is 2. The molecule has 0 amide bonds. The van der Waals surface area contributed by atoms with Crippen molar-refractivity contribution in [2.45, 2.75) is 58.2 Å². The van der Waals surface area contributed by atoms with Crippen LogP contribution in [0.15, 0.2) is 12.2 Å². The van der Waals surface area contributed by atoms with Gasteiger partial charge in [0.15, 0.2) is 0 Å². The molecule has 0 saturated heterocycles. The fraction of sp³-hybridized carbons (Fsp3) is 0.765. The molecule has 0 N–H and O–H groups in total. The molecule has 0 aromatic heterocycles. The number of hydrogen-bond donors (Lipinski definition) is 0. The lowest BCUT2D eigenvalue weighted by Gasteiger charge is -2.53. The third-order valence-electron chi connectivity index (χ3n) is 5.10. The first-order chi connectivity index (χ1) is 10.0. The lowest BCUT2D eigenvalue weighted by Crippen LogP contribution is -2.49. The molecule has 0 aromatic carbocycles. The smallest absolute Gasteiger partial charge is 0.331 e. The largest absolute Gasteiger partial charge is 0.460 e. The Morgan fingerprint density at radius 1 is 0.905 bits per heavy atom. The zero-order valence-corrected chi connectivity index (χ0v) is 12.8. The number of ether oxygens (including phenoxy) is 2. The summed E-state index contributed by atoms with van der Waals surface area (Å²) in [4.78, 5) is 23.3. The minimum absolute atomic E-state index is 0.0658. The molecule has 0 aliphatic heterocycles. The van der Waals surface area contributed by atoms with Crippen LogP contribution < -0.4 is 0 Å². The van der Waals surface area contributed by atoms with Gasteiger partial charge in [-0.3, -0.25) is 0 Å². The Labute approximate surface area is 125 Å². The summed E-state index contributed by atoms with van der Waals surface area (Å²) in [6, 6.07) is 0. The van der Waals surface area contributed by atoms with E-state index in [0.29, 0.717) is 11.8 Å². The van der Waals surface area contributed by atoms with Gasteiger partial charge < -0.3 is 9.47 Å². The monoisotopic (exact) mass is 292 g/mol. The first-order valence-corrected chi connectivity index (χ1v) is 8.10. The molecule has 4 saturated carbocycles. The van der Waals surface area contributed by atoms with Crippen molar-refractivity contribution in [2.75, 3.05) is 0 Å². The molecule has 4 bridgehead atoms. The second-order valence-electron chi connectivity index (χ2n) is 7.15. The van der Waals surface area contributed by atoms with Gasteiger partial charge >= 0.3 is 11.9 Å². The van der Waals surface area contributed by atoms with Gasteiger partial charge in [0.25, 0.3) is 0 Å². The SMILES string of the molecule is CC(C)OC(=O)C=CC(=O)OC1C2CC3CC(C2)CC1C3. The molecule has 116 valence electrons. The van der Waals surface area contributed by atoms with Crippen LogP contribution in [-0.4, -0.2) is 24.1 Å². The zero-order chi connectivity index (χ0) is 15.0. The van der Waals surface area contributed by atoms with Crippen LogP contribution in [-0.2, 0) is 19.1 Å². The van der Waals surface area contributed by atoms with Gasteiger partial charge in [-0.1, -0.05) is 0 Å². The van der Waals surface area contributed by atoms with Crippen LogP contribution in [0.5, 0.6) is 0 Å². The molecule has 4 aliphatic carbocycles. The molecule has 4 heteroatoms. The summed E-state index contributed by atoms with van der Waals surface area (Å²) in [6.07, 6.45) is 8.49. The Kier molecular flexibility index (Phi) is 4.05. The van der Waals surface area contributed by atoms with Gasteiger partial charge in [-0.15, -0.1) is 0 Å². The maximum absolute atomic E-state index is 11.9. The van der Waals surface area contributed by atoms with E-state index in [0.717, 1.165) is 11.8 Å². The molecule has 0 heterocycles. The summed E-state index contributed by atoms with van der Waals surface area (Å²) in [7, 11) is 0. The normalized spacial score (nSPS) is 37.2. The second-order valence-corrected chi connectivity index (χ2v) is 7.15. The van der Waals surface area contributed by atoms with Crippen molar-refractivity contribution in [1.29, 1.82) is 0 Å². The summed E-state index contributed by atoms with van der Waals surface area (Å²) in [6.45, 7) is 3.55. The van der Waals surface area contributed by atoms with E-state index in [1.165, 1.54) is 44.3 Å². The fourth-order valence-corrected chi connectivity index (χ4v) is 4.65. The molecule has 4 rings (SSSR count). The Morgan fingerprint density at radius 2 is 1.43 bits per heavy atom. The highest BCUT2D eigenvalue weighted by Crippen LogP contribution is 2.54. The summed E-state index contributed by atoms with van der Waals surface area (Å²) < 4.78 is 10.6. The Morgan fingerprint density at radius 3 is 1.95 bits per heavy atom. The molecule has 4 fully saturated rings. The highest BCUT2D eigenvalue weighted by atomic mass is 16.5. The van der Waals surface area contributed by atoms with Crippen LogP contribution in [0.4, 0.5) is 0 Å². The molecule has 0 aromatic rings. The van der Waals surface area contributed by atoms with Crippen LogP contribution in [0.2, 0.25) is 0 Å². The average Bonchev–Trinajstić information content (AvgIpc) is 2.39. The van der Waals surface area contributed by atoms with Crippen LogP contribution in [0.25, 0.3) is 0 Å². The second kappa shape index (κ2) is 5.82. The topological polar surface area (TPSA) is 52.6 Å². The van der Waals surface area contributed by atoms with E-state index in [-0.39, 0.29) is 12.2 Å². The van der Waals surface area contributed by atoms with Gasteiger partial charge in [0.1, 0.15) is 6.10 Å². The van der Waals surface area contributed by atoms with E-state index in [1.807, 2.05) is 0 Å². The van der Waals surface area contributed by atoms with E-state index in [2.05, 4.69) is 0 Å². The van der Waals surface area contributed by atoms with E-state index in [1.54, 1.807) is 13.8 Å². The van der Waals surface area contributed by atoms with E-state index < -0.39 is 11.9 Å². The number of rotatable bonds is 4. The predicted molar refractivity (Wildman–Crippen MR) is 77.3 cm³/mol. The molecular formula is C17H24O4. The predicted octanol–water partition coefficient (Wildman–Crippen LogP) is 2.86. The first kappa shape index (κ1) is 14.6. The minimum atomic E-state index is -0.493. The lowest BCUT2D eigenvalue weighted by molar-refractivity contribution is -0.165. The first-order valence-electron chi connectivity index (χ1n) is 8.10. The van der Waals surface area contributed by atoms with Gasteiger partial charge in [0.05, 0.1) is 6.10 Å². The molecule has 4 nitrogen and oxygen atoms in total. The molecule has 21 heavy (non-hydrogen) atoms. The summed E-state index contributed by atoms with van der Waals surface area (Å²) in [5, 5.41) is 0. The van der Waals surface area contributed by atoms with Crippen LogP contribution in [0.3, 0.4) is 0 Å². The lowest BCUT2D eigenvalue weighted by atomic mass is 9.55. The fourth-order valence-electron chi connectivity index (χ4n) is 4.65. The standard InChI is InChI=1S/C17H24O4/c1-10(2)20-15(18)3-4-16(19)21-17-13-6-11-5-12(8-13)9-14(17)7-11/h3-4,10-14,17H,5-9H2,1-2H3. The third kappa shape index (κ3) is 3.30. The number of hydrogen-bond acceptors (Lipinski definition) is 4. The van der Waals surface area contributed by atoms with Crippen molar-refractivity contribution in [3.05, 3.63) is 12.2 Å². The third-order valence-corrected chi connectivity index (χ3v) is 5.10. The Balaban J connectivity index is 1.53. The van der Waals surface area contributed by atoms with Gasteiger partial charge in [-0.2, -0.15) is 0 Å². The molecule has 4 aliphatic rings. The number of esters is 2. The van der Waals surface area contributed by atoms with Gasteiger partial charge in [0.2, 0.25) is 0 Å². The van der Waals surface area contributed by atoms with Crippen molar-refractivity contribution in [1.82, 2.24) is 0 Å². The quantitative estimate of drug-likeness (QED) is 0.590. The maximum atomic E-state index is 11.9. The molecule has 0 radical (unpaired) electrons. The molecular weight excluding hydrogens is 268 g/mol. The van der Waals surface area contributed by atoms with Gasteiger partial charge in [-0.05, 0) is 69.6 Å². The molecule has 0 unspecified atom stereocenters. The van der Waals surface area contributed by atoms with Crippen molar-refractivity contribution < 1.29 is 19.1 Å². The Bertz CT molecular complexity index is 424. The highest BCUT2D eigenvalue weighted by Gasteiger charge is 2.49. The van der Waals surface area contributed by atoms with Crippen molar-refractivity contribution >= 4 is 11.9 Å². The minimum Gasteiger partial charge on any atom is -0.460 e. The molecule has 0 atom stereocenters. The van der Waals surface area contributed by atoms with E-state index in [4.69, 9.17) is 9.47 Å². The average molecular weight is 292 g/mol. The van der Waals surface area contributed by atoms with Crippen LogP contribution >= 0.6 is 0 Å². The van der Waals surface area contributed by atoms with Crippen molar-refractivity contribution in [2.24, 2.45) is 23.7 Å². The van der Waals surface area contributed by atoms with Gasteiger partial charge in [-0.25, -0.2) is 9.59 Å². The van der Waals surface area contributed by atoms with Crippen molar-refractivity contribution in [3.63, 3.8) is 0 Å². The Hall–Kier alpha value is -1.32. The van der Waals surface area contributed by atoms with Gasteiger partial charge in [0, 0.05) is 12.2 Å². The summed E-state index contributed by atoms with van der Waals surface area (Å²) >= 11 is 0. The zero-order valence-electron chi connectivity index (χ0n) is 12.8. The van der Waals surface area contributed by atoms with E-state index in [9.17, 15) is 9.59 Å².